The van der Waals surface area contributed by atoms with Crippen LogP contribution in [0.15, 0.2) is 60.8 Å². The van der Waals surface area contributed by atoms with Crippen LogP contribution < -0.4 is 0 Å². The third-order valence-electron chi connectivity index (χ3n) is 11.1. The van der Waals surface area contributed by atoms with Crippen molar-refractivity contribution in [2.75, 3.05) is 13.2 Å². The molecule has 0 saturated heterocycles. The quantitative estimate of drug-likeness (QED) is 0.0200. The zero-order chi connectivity index (χ0) is 44.4. The maximum absolute atomic E-state index is 12.8. The summed E-state index contributed by atoms with van der Waals surface area (Å²) in [7, 11) is 0. The number of ether oxygens (including phenoxy) is 3. The van der Waals surface area contributed by atoms with Crippen molar-refractivity contribution < 1.29 is 28.6 Å². The Hall–Kier alpha value is -2.89. The summed E-state index contributed by atoms with van der Waals surface area (Å²) in [6.07, 6.45) is 61.1. The first-order valence-electron chi connectivity index (χ1n) is 25.8. The Labute approximate surface area is 377 Å². The highest BCUT2D eigenvalue weighted by atomic mass is 16.6. The van der Waals surface area contributed by atoms with Crippen LogP contribution in [0.25, 0.3) is 0 Å². The predicted octanol–water partition coefficient (Wildman–Crippen LogP) is 16.9. The van der Waals surface area contributed by atoms with Crippen molar-refractivity contribution in [2.24, 2.45) is 0 Å². The smallest absolute Gasteiger partial charge is 0.309 e. The van der Waals surface area contributed by atoms with Crippen LogP contribution in [-0.4, -0.2) is 37.2 Å². The Bertz CT molecular complexity index is 1120. The van der Waals surface area contributed by atoms with Crippen LogP contribution in [0.3, 0.4) is 0 Å². The summed E-state index contributed by atoms with van der Waals surface area (Å²) in [4.78, 5) is 37.8. The van der Waals surface area contributed by atoms with E-state index in [1.165, 1.54) is 141 Å². The standard InChI is InChI=1S/C55H96O6/c1-4-7-10-13-16-19-21-23-25-27-28-30-31-33-36-39-42-45-48-54(57)60-51-52(50-59-53(56)47-44-41-38-35-18-15-12-9-6-3)61-55(58)49-46-43-40-37-34-32-29-26-24-22-20-17-14-11-8-5-2/h9,12,18,26,29,32,34-35,41,44,52H,4-8,10-11,13-17,19-25,27-28,30-31,33,36-40,42-43,45-51H2,1-3H3/b12-9-,29-26-,34-32-,35-18-,44-41-. The number of unbranched alkanes of at least 4 members (excludes halogenated alkanes) is 27. The largest absolute Gasteiger partial charge is 0.462 e. The maximum Gasteiger partial charge on any atom is 0.309 e. The topological polar surface area (TPSA) is 78.9 Å². The minimum atomic E-state index is -0.820. The van der Waals surface area contributed by atoms with Crippen molar-refractivity contribution >= 4 is 17.9 Å². The van der Waals surface area contributed by atoms with Gasteiger partial charge in [-0.2, -0.15) is 0 Å². The molecule has 0 aliphatic carbocycles. The number of carbonyl (C=O) groups excluding carboxylic acids is 3. The fourth-order valence-electron chi connectivity index (χ4n) is 7.20. The molecule has 0 N–H and O–H groups in total. The highest BCUT2D eigenvalue weighted by Crippen LogP contribution is 2.15. The van der Waals surface area contributed by atoms with E-state index in [1.807, 2.05) is 6.08 Å². The summed E-state index contributed by atoms with van der Waals surface area (Å²) in [5.74, 6) is -1.06. The van der Waals surface area contributed by atoms with Crippen molar-refractivity contribution in [3.05, 3.63) is 60.8 Å². The van der Waals surface area contributed by atoms with Crippen molar-refractivity contribution in [3.63, 3.8) is 0 Å². The molecule has 0 rings (SSSR count). The first-order chi connectivity index (χ1) is 30.0. The second-order valence-electron chi connectivity index (χ2n) is 17.1. The lowest BCUT2D eigenvalue weighted by atomic mass is 10.0. The SMILES string of the molecule is CC/C=C\C/C=C\C/C=C\CC(=O)OCC(COC(=O)CCCCCCCCCCCCCCCCCCCC)OC(=O)CCCCC/C=C\C=C/CCCCCCCCC. The Morgan fingerprint density at radius 1 is 0.377 bits per heavy atom. The van der Waals surface area contributed by atoms with Gasteiger partial charge >= 0.3 is 17.9 Å². The summed E-state index contributed by atoms with van der Waals surface area (Å²) in [5.41, 5.74) is 0. The van der Waals surface area contributed by atoms with Gasteiger partial charge in [-0.05, 0) is 57.8 Å². The maximum atomic E-state index is 12.8. The summed E-state index contributed by atoms with van der Waals surface area (Å²) >= 11 is 0. The van der Waals surface area contributed by atoms with Crippen LogP contribution >= 0.6 is 0 Å². The van der Waals surface area contributed by atoms with Gasteiger partial charge in [-0.15, -0.1) is 0 Å². The monoisotopic (exact) mass is 853 g/mol. The van der Waals surface area contributed by atoms with Gasteiger partial charge in [-0.1, -0.05) is 236 Å². The molecule has 0 aliphatic heterocycles. The lowest BCUT2D eigenvalue weighted by Crippen LogP contribution is -2.30. The van der Waals surface area contributed by atoms with Crippen LogP contribution in [0.4, 0.5) is 0 Å². The molecule has 352 valence electrons. The number of hydrogen-bond acceptors (Lipinski definition) is 6. The summed E-state index contributed by atoms with van der Waals surface area (Å²) in [5, 5.41) is 0. The molecule has 0 radical (unpaired) electrons. The molecule has 6 heteroatoms. The molecule has 1 atom stereocenters. The molecule has 0 saturated carbocycles. The van der Waals surface area contributed by atoms with E-state index in [1.54, 1.807) is 6.08 Å². The first-order valence-corrected chi connectivity index (χ1v) is 25.8. The molecule has 0 spiro atoms. The van der Waals surface area contributed by atoms with E-state index < -0.39 is 12.1 Å². The molecular weight excluding hydrogens is 757 g/mol. The van der Waals surface area contributed by atoms with E-state index in [-0.39, 0.29) is 38.0 Å². The van der Waals surface area contributed by atoms with Gasteiger partial charge in [-0.25, -0.2) is 0 Å². The number of carbonyl (C=O) groups is 3. The molecule has 6 nitrogen and oxygen atoms in total. The third kappa shape index (κ3) is 48.0. The second-order valence-corrected chi connectivity index (χ2v) is 17.1. The molecular formula is C55H96O6. The van der Waals surface area contributed by atoms with Gasteiger partial charge in [0.2, 0.25) is 0 Å². The zero-order valence-electron chi connectivity index (χ0n) is 40.2. The molecule has 0 fully saturated rings. The molecule has 0 aromatic rings. The zero-order valence-corrected chi connectivity index (χ0v) is 40.2. The molecule has 61 heavy (non-hydrogen) atoms. The van der Waals surface area contributed by atoms with E-state index in [0.29, 0.717) is 6.42 Å². The number of hydrogen-bond donors (Lipinski definition) is 0. The van der Waals surface area contributed by atoms with Gasteiger partial charge in [0.15, 0.2) is 6.10 Å². The molecule has 0 amide bonds. The van der Waals surface area contributed by atoms with E-state index in [2.05, 4.69) is 69.4 Å². The molecule has 0 bridgehead atoms. The van der Waals surface area contributed by atoms with Gasteiger partial charge in [0, 0.05) is 12.8 Å². The minimum Gasteiger partial charge on any atom is -0.462 e. The van der Waals surface area contributed by atoms with Crippen molar-refractivity contribution in [3.8, 4) is 0 Å². The Morgan fingerprint density at radius 2 is 0.738 bits per heavy atom. The van der Waals surface area contributed by atoms with E-state index in [4.69, 9.17) is 14.2 Å². The van der Waals surface area contributed by atoms with Gasteiger partial charge in [0.1, 0.15) is 13.2 Å². The van der Waals surface area contributed by atoms with E-state index >= 15 is 0 Å². The normalized spacial score (nSPS) is 12.5. The second kappa shape index (κ2) is 49.8. The molecule has 0 aromatic heterocycles. The molecule has 0 heterocycles. The van der Waals surface area contributed by atoms with Crippen molar-refractivity contribution in [2.45, 2.75) is 258 Å². The first kappa shape index (κ1) is 58.1. The van der Waals surface area contributed by atoms with Crippen LogP contribution in [0, 0.1) is 0 Å². The highest BCUT2D eigenvalue weighted by Gasteiger charge is 2.19. The van der Waals surface area contributed by atoms with Gasteiger partial charge in [0.05, 0.1) is 6.42 Å². The average molecular weight is 853 g/mol. The van der Waals surface area contributed by atoms with Crippen LogP contribution in [0.1, 0.15) is 252 Å². The highest BCUT2D eigenvalue weighted by molar-refractivity contribution is 5.72. The van der Waals surface area contributed by atoms with E-state index in [0.717, 1.165) is 70.6 Å². The fourth-order valence-corrected chi connectivity index (χ4v) is 7.20. The Morgan fingerprint density at radius 3 is 1.20 bits per heavy atom. The Kier molecular flexibility index (Phi) is 47.4. The van der Waals surface area contributed by atoms with Crippen LogP contribution in [-0.2, 0) is 28.6 Å². The number of esters is 3. The predicted molar refractivity (Wildman–Crippen MR) is 261 cm³/mol. The van der Waals surface area contributed by atoms with E-state index in [9.17, 15) is 14.4 Å². The number of rotatable bonds is 46. The average Bonchev–Trinajstić information content (AvgIpc) is 3.26. The third-order valence-corrected chi connectivity index (χ3v) is 11.1. The van der Waals surface area contributed by atoms with Crippen molar-refractivity contribution in [1.82, 2.24) is 0 Å². The van der Waals surface area contributed by atoms with Crippen LogP contribution in [0.2, 0.25) is 0 Å². The van der Waals surface area contributed by atoms with Crippen LogP contribution in [0.5, 0.6) is 0 Å². The summed E-state index contributed by atoms with van der Waals surface area (Å²) in [6.45, 7) is 6.41. The summed E-state index contributed by atoms with van der Waals surface area (Å²) in [6, 6.07) is 0. The molecule has 1 unspecified atom stereocenters. The lowest BCUT2D eigenvalue weighted by molar-refractivity contribution is -0.166. The van der Waals surface area contributed by atoms with Crippen molar-refractivity contribution in [1.29, 1.82) is 0 Å². The van der Waals surface area contributed by atoms with Gasteiger partial charge < -0.3 is 14.2 Å². The van der Waals surface area contributed by atoms with Gasteiger partial charge in [0.25, 0.3) is 0 Å². The minimum absolute atomic E-state index is 0.110. The Balaban J connectivity index is 4.37. The van der Waals surface area contributed by atoms with Gasteiger partial charge in [-0.3, -0.25) is 14.4 Å². The fraction of sp³-hybridized carbons (Fsp3) is 0.764. The number of allylic oxidation sites excluding steroid dienone is 9. The molecule has 0 aromatic carbocycles. The summed E-state index contributed by atoms with van der Waals surface area (Å²) < 4.78 is 16.6. The molecule has 0 aliphatic rings. The lowest BCUT2D eigenvalue weighted by Gasteiger charge is -2.18.